The zero-order valence-electron chi connectivity index (χ0n) is 15.8. The molecule has 3 aromatic rings. The molecule has 0 aliphatic rings. The van der Waals surface area contributed by atoms with E-state index in [1.165, 1.54) is 0 Å². The minimum absolute atomic E-state index is 0.144. The van der Waals surface area contributed by atoms with Crippen LogP contribution in [0.3, 0.4) is 0 Å². The second kappa shape index (κ2) is 9.14. The van der Waals surface area contributed by atoms with Crippen molar-refractivity contribution in [1.29, 1.82) is 0 Å². The van der Waals surface area contributed by atoms with Gasteiger partial charge in [-0.1, -0.05) is 42.5 Å². The van der Waals surface area contributed by atoms with E-state index in [0.717, 1.165) is 22.4 Å². The smallest absolute Gasteiger partial charge is 0.244 e. The van der Waals surface area contributed by atoms with Gasteiger partial charge in [-0.15, -0.1) is 0 Å². The lowest BCUT2D eigenvalue weighted by atomic mass is 10.2. The van der Waals surface area contributed by atoms with Crippen molar-refractivity contribution in [3.63, 3.8) is 0 Å². The summed E-state index contributed by atoms with van der Waals surface area (Å²) in [6.45, 7) is 5.92. The number of carbonyl (C=O) groups excluding carboxylic acids is 1. The van der Waals surface area contributed by atoms with Gasteiger partial charge in [-0.25, -0.2) is 4.98 Å². The van der Waals surface area contributed by atoms with Crippen LogP contribution in [0.15, 0.2) is 60.7 Å². The van der Waals surface area contributed by atoms with Gasteiger partial charge in [0.1, 0.15) is 5.82 Å². The van der Waals surface area contributed by atoms with Gasteiger partial charge in [0.2, 0.25) is 5.91 Å². The maximum atomic E-state index is 12.3. The van der Waals surface area contributed by atoms with Crippen molar-refractivity contribution in [2.24, 2.45) is 0 Å². The quantitative estimate of drug-likeness (QED) is 0.487. The van der Waals surface area contributed by atoms with Gasteiger partial charge in [-0.2, -0.15) is 0 Å². The zero-order chi connectivity index (χ0) is 19.1. The molecule has 27 heavy (non-hydrogen) atoms. The molecule has 0 radical (unpaired) electrons. The number of imidazole rings is 1. The molecule has 0 fully saturated rings. The number of rotatable bonds is 8. The van der Waals surface area contributed by atoms with E-state index >= 15 is 0 Å². The SMILES string of the molecule is CCOCCn1c(C(C)NC(=O)/C=C\c2ccccc2)nc2ccccc21. The van der Waals surface area contributed by atoms with E-state index in [1.54, 1.807) is 12.2 Å². The Morgan fingerprint density at radius 3 is 2.70 bits per heavy atom. The molecule has 0 aliphatic heterocycles. The molecule has 5 heteroatoms. The first-order chi connectivity index (χ1) is 13.2. The molecule has 1 N–H and O–H groups in total. The fraction of sp³-hybridized carbons (Fsp3) is 0.273. The number of nitrogens with one attached hydrogen (secondary N) is 1. The third kappa shape index (κ3) is 4.83. The third-order valence-corrected chi connectivity index (χ3v) is 4.32. The molecule has 0 saturated carbocycles. The average molecular weight is 363 g/mol. The van der Waals surface area contributed by atoms with Gasteiger partial charge in [0.25, 0.3) is 0 Å². The highest BCUT2D eigenvalue weighted by atomic mass is 16.5. The van der Waals surface area contributed by atoms with Crippen molar-refractivity contribution in [3.05, 3.63) is 72.1 Å². The first-order valence-electron chi connectivity index (χ1n) is 9.25. The van der Waals surface area contributed by atoms with Crippen LogP contribution in [0.4, 0.5) is 0 Å². The highest BCUT2D eigenvalue weighted by molar-refractivity contribution is 5.92. The van der Waals surface area contributed by atoms with Gasteiger partial charge in [0, 0.05) is 19.2 Å². The Balaban J connectivity index is 1.76. The number of para-hydroxylation sites is 2. The highest BCUT2D eigenvalue weighted by Crippen LogP contribution is 2.20. The second-order valence-corrected chi connectivity index (χ2v) is 6.28. The van der Waals surface area contributed by atoms with Crippen molar-refractivity contribution in [3.8, 4) is 0 Å². The number of amides is 1. The van der Waals surface area contributed by atoms with Gasteiger partial charge in [-0.3, -0.25) is 4.79 Å². The van der Waals surface area contributed by atoms with Crippen LogP contribution in [-0.2, 0) is 16.1 Å². The maximum Gasteiger partial charge on any atom is 0.244 e. The summed E-state index contributed by atoms with van der Waals surface area (Å²) in [7, 11) is 0. The summed E-state index contributed by atoms with van der Waals surface area (Å²) in [5.74, 6) is 0.687. The lowest BCUT2D eigenvalue weighted by molar-refractivity contribution is -0.117. The minimum Gasteiger partial charge on any atom is -0.380 e. The van der Waals surface area contributed by atoms with Gasteiger partial charge in [-0.05, 0) is 37.6 Å². The van der Waals surface area contributed by atoms with E-state index in [1.807, 2.05) is 68.4 Å². The molecule has 2 aromatic carbocycles. The zero-order valence-corrected chi connectivity index (χ0v) is 15.8. The Bertz CT molecular complexity index is 916. The van der Waals surface area contributed by atoms with Crippen LogP contribution in [0.25, 0.3) is 17.1 Å². The molecule has 5 nitrogen and oxygen atoms in total. The molecular formula is C22H25N3O2. The van der Waals surface area contributed by atoms with Crippen molar-refractivity contribution in [1.82, 2.24) is 14.9 Å². The Labute approximate surface area is 159 Å². The largest absolute Gasteiger partial charge is 0.380 e. The van der Waals surface area contributed by atoms with Gasteiger partial charge in [0.05, 0.1) is 23.7 Å². The summed E-state index contributed by atoms with van der Waals surface area (Å²) in [6, 6.07) is 17.5. The number of ether oxygens (including phenoxy) is 1. The van der Waals surface area contributed by atoms with E-state index in [9.17, 15) is 4.79 Å². The Kier molecular flexibility index (Phi) is 6.39. The van der Waals surface area contributed by atoms with Crippen LogP contribution in [-0.4, -0.2) is 28.7 Å². The van der Waals surface area contributed by atoms with Crippen molar-refractivity contribution in [2.45, 2.75) is 26.4 Å². The number of aromatic nitrogens is 2. The fourth-order valence-electron chi connectivity index (χ4n) is 3.02. The molecule has 1 aromatic heterocycles. The second-order valence-electron chi connectivity index (χ2n) is 6.28. The third-order valence-electron chi connectivity index (χ3n) is 4.32. The number of hydrogen-bond donors (Lipinski definition) is 1. The standard InChI is InChI=1S/C22H25N3O2/c1-3-27-16-15-25-20-12-8-7-11-19(20)24-22(25)17(2)23-21(26)14-13-18-9-5-4-6-10-18/h4-14,17H,3,15-16H2,1-2H3,(H,23,26)/b14-13-. The van der Waals surface area contributed by atoms with Gasteiger partial charge < -0.3 is 14.6 Å². The average Bonchev–Trinajstić information content (AvgIpc) is 3.06. The summed E-state index contributed by atoms with van der Waals surface area (Å²) >= 11 is 0. The number of hydrogen-bond acceptors (Lipinski definition) is 3. The van der Waals surface area contributed by atoms with Crippen molar-refractivity contribution >= 4 is 23.0 Å². The lowest BCUT2D eigenvalue weighted by Gasteiger charge is -2.15. The summed E-state index contributed by atoms with van der Waals surface area (Å²) in [5, 5.41) is 3.01. The molecule has 1 heterocycles. The van der Waals surface area contributed by atoms with E-state index in [2.05, 4.69) is 9.88 Å². The van der Waals surface area contributed by atoms with E-state index in [-0.39, 0.29) is 11.9 Å². The number of carbonyl (C=O) groups is 1. The molecule has 3 rings (SSSR count). The van der Waals surface area contributed by atoms with Crippen LogP contribution in [0.5, 0.6) is 0 Å². The predicted molar refractivity (Wildman–Crippen MR) is 108 cm³/mol. The van der Waals surface area contributed by atoms with Crippen LogP contribution >= 0.6 is 0 Å². The van der Waals surface area contributed by atoms with Gasteiger partial charge in [0.15, 0.2) is 0 Å². The maximum absolute atomic E-state index is 12.3. The van der Waals surface area contributed by atoms with Crippen LogP contribution in [0.1, 0.15) is 31.3 Å². The molecule has 0 aliphatic carbocycles. The van der Waals surface area contributed by atoms with Crippen LogP contribution in [0, 0.1) is 0 Å². The summed E-state index contributed by atoms with van der Waals surface area (Å²) in [6.07, 6.45) is 3.36. The highest BCUT2D eigenvalue weighted by Gasteiger charge is 2.17. The minimum atomic E-state index is -0.216. The molecule has 0 bridgehead atoms. The fourth-order valence-corrected chi connectivity index (χ4v) is 3.02. The molecule has 0 saturated heterocycles. The van der Waals surface area contributed by atoms with Crippen molar-refractivity contribution < 1.29 is 9.53 Å². The van der Waals surface area contributed by atoms with Gasteiger partial charge >= 0.3 is 0 Å². The number of benzene rings is 2. The predicted octanol–water partition coefficient (Wildman–Crippen LogP) is 3.96. The molecule has 1 amide bonds. The monoisotopic (exact) mass is 363 g/mol. The summed E-state index contributed by atoms with van der Waals surface area (Å²) in [5.41, 5.74) is 2.96. The van der Waals surface area contributed by atoms with E-state index < -0.39 is 0 Å². The molecule has 0 spiro atoms. The molecule has 1 atom stereocenters. The lowest BCUT2D eigenvalue weighted by Crippen LogP contribution is -2.27. The summed E-state index contributed by atoms with van der Waals surface area (Å²) in [4.78, 5) is 17.1. The molecular weight excluding hydrogens is 338 g/mol. The Morgan fingerprint density at radius 1 is 1.19 bits per heavy atom. The Morgan fingerprint density at radius 2 is 1.93 bits per heavy atom. The van der Waals surface area contributed by atoms with Crippen LogP contribution < -0.4 is 5.32 Å². The van der Waals surface area contributed by atoms with Crippen LogP contribution in [0.2, 0.25) is 0 Å². The van der Waals surface area contributed by atoms with E-state index in [4.69, 9.17) is 9.72 Å². The Hall–Kier alpha value is -2.92. The van der Waals surface area contributed by atoms with Crippen molar-refractivity contribution in [2.75, 3.05) is 13.2 Å². The summed E-state index contributed by atoms with van der Waals surface area (Å²) < 4.78 is 7.63. The molecule has 1 unspecified atom stereocenters. The first-order valence-corrected chi connectivity index (χ1v) is 9.25. The number of nitrogens with zero attached hydrogens (tertiary/aromatic N) is 2. The van der Waals surface area contributed by atoms with E-state index in [0.29, 0.717) is 19.8 Å². The molecule has 140 valence electrons. The first kappa shape index (κ1) is 18.9. The normalized spacial score (nSPS) is 12.5. The number of fused-ring (bicyclic) bond motifs is 1. The topological polar surface area (TPSA) is 56.1 Å².